The second-order valence-corrected chi connectivity index (χ2v) is 4.63. The minimum Gasteiger partial charge on any atom is -0.325 e. The van der Waals surface area contributed by atoms with Gasteiger partial charge in [-0.15, -0.1) is 0 Å². The first-order chi connectivity index (χ1) is 8.49. The Hall–Kier alpha value is -1.56. The molecule has 0 unspecified atom stereocenters. The van der Waals surface area contributed by atoms with E-state index in [9.17, 15) is 13.2 Å². The summed E-state index contributed by atoms with van der Waals surface area (Å²) in [6.07, 6.45) is 0.830. The number of halogens is 3. The standard InChI is InChI=1S/C12H12F3N3/c13-12(14,15)10-3-8(7-1-2-7)5-18-6-9(4-16)17-11(10)18/h3,5-7H,1-2,4,16H2. The number of nitrogens with two attached hydrogens (primary N) is 1. The highest BCUT2D eigenvalue weighted by Crippen LogP contribution is 2.42. The van der Waals surface area contributed by atoms with Crippen LogP contribution in [0.15, 0.2) is 18.5 Å². The van der Waals surface area contributed by atoms with Gasteiger partial charge in [0.2, 0.25) is 0 Å². The first kappa shape index (κ1) is 11.5. The zero-order chi connectivity index (χ0) is 12.9. The number of aromatic nitrogens is 2. The highest BCUT2D eigenvalue weighted by Gasteiger charge is 2.36. The maximum Gasteiger partial charge on any atom is 0.419 e. The van der Waals surface area contributed by atoms with Crippen molar-refractivity contribution < 1.29 is 13.2 Å². The monoisotopic (exact) mass is 255 g/mol. The summed E-state index contributed by atoms with van der Waals surface area (Å²) in [6, 6.07) is 1.22. The van der Waals surface area contributed by atoms with Crippen molar-refractivity contribution in [2.24, 2.45) is 5.73 Å². The number of imidazole rings is 1. The first-order valence-corrected chi connectivity index (χ1v) is 5.78. The topological polar surface area (TPSA) is 43.3 Å². The lowest BCUT2D eigenvalue weighted by molar-refractivity contribution is -0.136. The Morgan fingerprint density at radius 1 is 1.33 bits per heavy atom. The molecule has 0 amide bonds. The number of nitrogens with zero attached hydrogens (tertiary/aromatic N) is 2. The van der Waals surface area contributed by atoms with E-state index in [4.69, 9.17) is 5.73 Å². The smallest absolute Gasteiger partial charge is 0.325 e. The van der Waals surface area contributed by atoms with E-state index in [1.54, 1.807) is 12.4 Å². The SMILES string of the molecule is NCc1cn2cc(C3CC3)cc(C(F)(F)F)c2n1. The Morgan fingerprint density at radius 2 is 2.06 bits per heavy atom. The Labute approximate surface area is 101 Å². The molecule has 0 atom stereocenters. The van der Waals surface area contributed by atoms with Gasteiger partial charge in [-0.25, -0.2) is 4.98 Å². The molecule has 0 aromatic carbocycles. The van der Waals surface area contributed by atoms with E-state index >= 15 is 0 Å². The number of hydrogen-bond acceptors (Lipinski definition) is 2. The average Bonchev–Trinajstić information content (AvgIpc) is 3.06. The molecule has 6 heteroatoms. The maximum absolute atomic E-state index is 13.0. The van der Waals surface area contributed by atoms with Gasteiger partial charge in [0.15, 0.2) is 0 Å². The molecule has 3 rings (SSSR count). The van der Waals surface area contributed by atoms with E-state index in [-0.39, 0.29) is 18.1 Å². The van der Waals surface area contributed by atoms with Gasteiger partial charge < -0.3 is 10.1 Å². The van der Waals surface area contributed by atoms with Crippen LogP contribution in [0.2, 0.25) is 0 Å². The Kier molecular flexibility index (Phi) is 2.38. The summed E-state index contributed by atoms with van der Waals surface area (Å²) in [5.74, 6) is 0.263. The van der Waals surface area contributed by atoms with Gasteiger partial charge in [-0.05, 0) is 30.4 Å². The fourth-order valence-electron chi connectivity index (χ4n) is 2.12. The number of hydrogen-bond donors (Lipinski definition) is 1. The van der Waals surface area contributed by atoms with E-state index in [0.717, 1.165) is 18.4 Å². The highest BCUT2D eigenvalue weighted by molar-refractivity contribution is 5.53. The van der Waals surface area contributed by atoms with Gasteiger partial charge in [-0.3, -0.25) is 0 Å². The number of alkyl halides is 3. The first-order valence-electron chi connectivity index (χ1n) is 5.78. The molecule has 1 aliphatic carbocycles. The molecule has 96 valence electrons. The second-order valence-electron chi connectivity index (χ2n) is 4.63. The number of pyridine rings is 1. The van der Waals surface area contributed by atoms with E-state index in [0.29, 0.717) is 5.69 Å². The Bertz CT molecular complexity index is 596. The zero-order valence-electron chi connectivity index (χ0n) is 9.54. The third-order valence-corrected chi connectivity index (χ3v) is 3.19. The fourth-order valence-corrected chi connectivity index (χ4v) is 2.12. The van der Waals surface area contributed by atoms with E-state index < -0.39 is 11.7 Å². The van der Waals surface area contributed by atoms with E-state index in [1.165, 1.54) is 10.5 Å². The summed E-state index contributed by atoms with van der Waals surface area (Å²) in [5, 5.41) is 0. The molecule has 0 radical (unpaired) electrons. The van der Waals surface area contributed by atoms with Crippen molar-refractivity contribution in [3.05, 3.63) is 35.3 Å². The molecule has 1 fully saturated rings. The summed E-state index contributed by atoms with van der Waals surface area (Å²) in [6.45, 7) is 0.137. The van der Waals surface area contributed by atoms with E-state index in [1.807, 2.05) is 0 Å². The quantitative estimate of drug-likeness (QED) is 0.896. The lowest BCUT2D eigenvalue weighted by Crippen LogP contribution is -2.09. The van der Waals surface area contributed by atoms with Gasteiger partial charge in [0.1, 0.15) is 5.65 Å². The van der Waals surface area contributed by atoms with Gasteiger partial charge >= 0.3 is 6.18 Å². The van der Waals surface area contributed by atoms with Crippen LogP contribution in [0.5, 0.6) is 0 Å². The molecule has 3 nitrogen and oxygen atoms in total. The summed E-state index contributed by atoms with van der Waals surface area (Å²) < 4.78 is 40.5. The molecule has 18 heavy (non-hydrogen) atoms. The van der Waals surface area contributed by atoms with Crippen LogP contribution < -0.4 is 5.73 Å². The highest BCUT2D eigenvalue weighted by atomic mass is 19.4. The van der Waals surface area contributed by atoms with Crippen LogP contribution in [0, 0.1) is 0 Å². The van der Waals surface area contributed by atoms with Crippen LogP contribution in [0.25, 0.3) is 5.65 Å². The minimum atomic E-state index is -4.39. The maximum atomic E-state index is 13.0. The molecule has 2 heterocycles. The molecular weight excluding hydrogens is 243 g/mol. The van der Waals surface area contributed by atoms with Gasteiger partial charge in [-0.1, -0.05) is 0 Å². The lowest BCUT2D eigenvalue weighted by Gasteiger charge is -2.10. The predicted molar refractivity (Wildman–Crippen MR) is 60.1 cm³/mol. The van der Waals surface area contributed by atoms with Crippen LogP contribution in [0.1, 0.15) is 35.6 Å². The molecule has 1 aliphatic rings. The predicted octanol–water partition coefficient (Wildman–Crippen LogP) is 2.69. The van der Waals surface area contributed by atoms with Gasteiger partial charge in [0, 0.05) is 18.9 Å². The molecule has 0 aliphatic heterocycles. The second kappa shape index (κ2) is 3.71. The molecule has 1 saturated carbocycles. The molecule has 0 spiro atoms. The van der Waals surface area contributed by atoms with Gasteiger partial charge in [0.05, 0.1) is 11.3 Å². The molecule has 2 aromatic rings. The third kappa shape index (κ3) is 1.86. The minimum absolute atomic E-state index is 0.0626. The Balaban J connectivity index is 2.25. The summed E-state index contributed by atoms with van der Waals surface area (Å²) >= 11 is 0. The van der Waals surface area contributed by atoms with Crippen molar-refractivity contribution >= 4 is 5.65 Å². The lowest BCUT2D eigenvalue weighted by atomic mass is 10.1. The molecule has 0 bridgehead atoms. The van der Waals surface area contributed by atoms with Crippen molar-refractivity contribution in [1.82, 2.24) is 9.38 Å². The van der Waals surface area contributed by atoms with Crippen molar-refractivity contribution in [2.75, 3.05) is 0 Å². The summed E-state index contributed by atoms with van der Waals surface area (Å²) in [4.78, 5) is 3.94. The van der Waals surface area contributed by atoms with Crippen LogP contribution >= 0.6 is 0 Å². The zero-order valence-corrected chi connectivity index (χ0v) is 9.54. The largest absolute Gasteiger partial charge is 0.419 e. The average molecular weight is 255 g/mol. The molecule has 2 N–H and O–H groups in total. The normalized spacial score (nSPS) is 16.4. The number of rotatable bonds is 2. The van der Waals surface area contributed by atoms with Crippen molar-refractivity contribution in [2.45, 2.75) is 31.5 Å². The van der Waals surface area contributed by atoms with Crippen LogP contribution in [-0.2, 0) is 12.7 Å². The number of fused-ring (bicyclic) bond motifs is 1. The molecule has 2 aromatic heterocycles. The Morgan fingerprint density at radius 3 is 2.61 bits per heavy atom. The summed E-state index contributed by atoms with van der Waals surface area (Å²) in [7, 11) is 0. The fraction of sp³-hybridized carbons (Fsp3) is 0.417. The van der Waals surface area contributed by atoms with E-state index in [2.05, 4.69) is 4.98 Å². The van der Waals surface area contributed by atoms with Crippen LogP contribution in [-0.4, -0.2) is 9.38 Å². The van der Waals surface area contributed by atoms with Gasteiger partial charge in [0.25, 0.3) is 0 Å². The van der Waals surface area contributed by atoms with Crippen molar-refractivity contribution in [3.8, 4) is 0 Å². The van der Waals surface area contributed by atoms with Crippen LogP contribution in [0.4, 0.5) is 13.2 Å². The molecular formula is C12H12F3N3. The van der Waals surface area contributed by atoms with Crippen molar-refractivity contribution in [1.29, 1.82) is 0 Å². The summed E-state index contributed by atoms with van der Waals surface area (Å²) in [5.41, 5.74) is 5.89. The van der Waals surface area contributed by atoms with Crippen molar-refractivity contribution in [3.63, 3.8) is 0 Å². The molecule has 0 saturated heterocycles. The van der Waals surface area contributed by atoms with Crippen LogP contribution in [0.3, 0.4) is 0 Å². The third-order valence-electron chi connectivity index (χ3n) is 3.19. The van der Waals surface area contributed by atoms with Gasteiger partial charge in [-0.2, -0.15) is 13.2 Å².